The van der Waals surface area contributed by atoms with Crippen LogP contribution in [0.4, 0.5) is 4.39 Å². The number of Topliss-reactive ketones (excluding diaryl/α,β-unsaturated/α-hetero) is 1. The minimum Gasteiger partial charge on any atom is -0.506 e. The van der Waals surface area contributed by atoms with E-state index in [2.05, 4.69) is 15.9 Å². The number of phenols is 1. The highest BCUT2D eigenvalue weighted by molar-refractivity contribution is 9.10. The molecule has 0 fully saturated rings. The molecule has 0 saturated heterocycles. The highest BCUT2D eigenvalue weighted by atomic mass is 79.9. The lowest BCUT2D eigenvalue weighted by Gasteiger charge is -2.07. The van der Waals surface area contributed by atoms with Gasteiger partial charge in [0.15, 0.2) is 17.3 Å². The van der Waals surface area contributed by atoms with E-state index in [1.165, 1.54) is 0 Å². The summed E-state index contributed by atoms with van der Waals surface area (Å²) in [4.78, 5) is 12.4. The molecule has 0 bridgehead atoms. The standard InChI is InChI=1S/C17H12BrFO4/c1-9(4-10-2-3-14-15(5-10)23-8-22-14)16(20)12-6-11(19)7-13(18)17(12)21/h2-7,21H,8H2,1H3. The lowest BCUT2D eigenvalue weighted by molar-refractivity contribution is 0.103. The van der Waals surface area contributed by atoms with Crippen LogP contribution in [-0.2, 0) is 0 Å². The fraction of sp³-hybridized carbons (Fsp3) is 0.118. The minimum absolute atomic E-state index is 0.0913. The largest absolute Gasteiger partial charge is 0.506 e. The number of fused-ring (bicyclic) bond motifs is 1. The molecule has 0 amide bonds. The van der Waals surface area contributed by atoms with Crippen LogP contribution >= 0.6 is 15.9 Å². The third-order valence-electron chi connectivity index (χ3n) is 3.41. The molecule has 1 N–H and O–H groups in total. The molecule has 1 heterocycles. The Labute approximate surface area is 140 Å². The van der Waals surface area contributed by atoms with Crippen LogP contribution in [0, 0.1) is 5.82 Å². The molecule has 2 aromatic rings. The van der Waals surface area contributed by atoms with Crippen molar-refractivity contribution >= 4 is 27.8 Å². The van der Waals surface area contributed by atoms with Crippen molar-refractivity contribution in [3.8, 4) is 17.2 Å². The Morgan fingerprint density at radius 3 is 2.78 bits per heavy atom. The number of ether oxygens (including phenoxy) is 2. The normalized spacial score (nSPS) is 13.3. The van der Waals surface area contributed by atoms with E-state index >= 15 is 0 Å². The molecule has 3 rings (SSSR count). The molecule has 1 aliphatic heterocycles. The summed E-state index contributed by atoms with van der Waals surface area (Å²) in [5.41, 5.74) is 1.01. The Kier molecular flexibility index (Phi) is 4.09. The first-order valence-corrected chi connectivity index (χ1v) is 7.55. The highest BCUT2D eigenvalue weighted by Crippen LogP contribution is 2.34. The quantitative estimate of drug-likeness (QED) is 0.638. The Morgan fingerprint density at radius 2 is 2.00 bits per heavy atom. The molecular formula is C17H12BrFO4. The molecule has 0 spiro atoms. The number of hydrogen-bond donors (Lipinski definition) is 1. The van der Waals surface area contributed by atoms with Crippen molar-refractivity contribution in [1.82, 2.24) is 0 Å². The molecular weight excluding hydrogens is 367 g/mol. The number of carbonyl (C=O) groups is 1. The van der Waals surface area contributed by atoms with Crippen LogP contribution < -0.4 is 9.47 Å². The molecule has 0 radical (unpaired) electrons. The maximum absolute atomic E-state index is 13.5. The Balaban J connectivity index is 1.93. The van der Waals surface area contributed by atoms with Gasteiger partial charge in [0.25, 0.3) is 0 Å². The van der Waals surface area contributed by atoms with Gasteiger partial charge in [-0.2, -0.15) is 0 Å². The molecule has 1 aliphatic rings. The van der Waals surface area contributed by atoms with Gasteiger partial charge in [-0.25, -0.2) is 4.39 Å². The number of benzene rings is 2. The van der Waals surface area contributed by atoms with Crippen molar-refractivity contribution < 1.29 is 23.8 Å². The van der Waals surface area contributed by atoms with Crippen molar-refractivity contribution in [3.63, 3.8) is 0 Å². The van der Waals surface area contributed by atoms with Gasteiger partial charge in [-0.05, 0) is 64.3 Å². The van der Waals surface area contributed by atoms with Crippen LogP contribution in [-0.4, -0.2) is 17.7 Å². The van der Waals surface area contributed by atoms with E-state index in [-0.39, 0.29) is 22.6 Å². The predicted octanol–water partition coefficient (Wildman–Crippen LogP) is 4.31. The van der Waals surface area contributed by atoms with Crippen LogP contribution in [0.3, 0.4) is 0 Å². The number of aromatic hydroxyl groups is 1. The van der Waals surface area contributed by atoms with Gasteiger partial charge in [-0.3, -0.25) is 4.79 Å². The van der Waals surface area contributed by atoms with Crippen molar-refractivity contribution in [2.45, 2.75) is 6.92 Å². The van der Waals surface area contributed by atoms with Crippen LogP contribution in [0.2, 0.25) is 0 Å². The van der Waals surface area contributed by atoms with E-state index in [0.717, 1.165) is 17.7 Å². The smallest absolute Gasteiger partial charge is 0.231 e. The van der Waals surface area contributed by atoms with Crippen LogP contribution in [0.1, 0.15) is 22.8 Å². The molecule has 6 heteroatoms. The number of halogens is 2. The van der Waals surface area contributed by atoms with E-state index < -0.39 is 11.6 Å². The topological polar surface area (TPSA) is 55.8 Å². The van der Waals surface area contributed by atoms with E-state index in [0.29, 0.717) is 17.1 Å². The SMILES string of the molecule is CC(=Cc1ccc2c(c1)OCO2)C(=O)c1cc(F)cc(Br)c1O. The first kappa shape index (κ1) is 15.6. The third-order valence-corrected chi connectivity index (χ3v) is 4.02. The zero-order valence-corrected chi connectivity index (χ0v) is 13.7. The van der Waals surface area contributed by atoms with Crippen molar-refractivity contribution in [2.75, 3.05) is 6.79 Å². The second-order valence-corrected chi connectivity index (χ2v) is 5.91. The summed E-state index contributed by atoms with van der Waals surface area (Å²) in [6, 6.07) is 7.40. The summed E-state index contributed by atoms with van der Waals surface area (Å²) in [5.74, 6) is -0.0858. The average Bonchev–Trinajstić information content (AvgIpc) is 2.97. The molecule has 0 aromatic heterocycles. The van der Waals surface area contributed by atoms with Gasteiger partial charge in [-0.15, -0.1) is 0 Å². The fourth-order valence-corrected chi connectivity index (χ4v) is 2.70. The fourth-order valence-electron chi connectivity index (χ4n) is 2.27. The minimum atomic E-state index is -0.603. The number of carbonyl (C=O) groups excluding carboxylic acids is 1. The maximum Gasteiger partial charge on any atom is 0.231 e. The summed E-state index contributed by atoms with van der Waals surface area (Å²) >= 11 is 3.02. The lowest BCUT2D eigenvalue weighted by Crippen LogP contribution is -2.02. The zero-order valence-electron chi connectivity index (χ0n) is 12.1. The number of hydrogen-bond acceptors (Lipinski definition) is 4. The summed E-state index contributed by atoms with van der Waals surface area (Å²) < 4.78 is 24.1. The lowest BCUT2D eigenvalue weighted by atomic mass is 10.0. The first-order chi connectivity index (χ1) is 11.0. The molecule has 2 aromatic carbocycles. The highest BCUT2D eigenvalue weighted by Gasteiger charge is 2.18. The van der Waals surface area contributed by atoms with Crippen LogP contribution in [0.15, 0.2) is 40.4 Å². The zero-order chi connectivity index (χ0) is 16.6. The Hall–Kier alpha value is -2.34. The van der Waals surface area contributed by atoms with Gasteiger partial charge in [-0.1, -0.05) is 6.07 Å². The van der Waals surface area contributed by atoms with Gasteiger partial charge in [0.05, 0.1) is 10.0 Å². The van der Waals surface area contributed by atoms with Crippen molar-refractivity contribution in [2.24, 2.45) is 0 Å². The van der Waals surface area contributed by atoms with E-state index in [1.807, 2.05) is 0 Å². The number of ketones is 1. The number of phenolic OH excluding ortho intramolecular Hbond substituents is 1. The Bertz CT molecular complexity index is 830. The third kappa shape index (κ3) is 3.07. The number of rotatable bonds is 3. The predicted molar refractivity (Wildman–Crippen MR) is 86.3 cm³/mol. The molecule has 4 nitrogen and oxygen atoms in total. The van der Waals surface area contributed by atoms with Crippen molar-refractivity contribution in [3.05, 3.63) is 57.3 Å². The molecule has 0 unspecified atom stereocenters. The van der Waals surface area contributed by atoms with Gasteiger partial charge < -0.3 is 14.6 Å². The van der Waals surface area contributed by atoms with Crippen LogP contribution in [0.5, 0.6) is 17.2 Å². The van der Waals surface area contributed by atoms with Gasteiger partial charge in [0, 0.05) is 0 Å². The summed E-state index contributed by atoms with van der Waals surface area (Å²) in [5, 5.41) is 9.94. The molecule has 118 valence electrons. The van der Waals surface area contributed by atoms with Gasteiger partial charge >= 0.3 is 0 Å². The van der Waals surface area contributed by atoms with E-state index in [9.17, 15) is 14.3 Å². The molecule has 0 aliphatic carbocycles. The number of allylic oxidation sites excluding steroid dienone is 1. The van der Waals surface area contributed by atoms with E-state index in [4.69, 9.17) is 9.47 Å². The molecule has 0 saturated carbocycles. The molecule has 0 atom stereocenters. The van der Waals surface area contributed by atoms with Gasteiger partial charge in [0.2, 0.25) is 6.79 Å². The first-order valence-electron chi connectivity index (χ1n) is 6.76. The maximum atomic E-state index is 13.5. The Morgan fingerprint density at radius 1 is 1.26 bits per heavy atom. The van der Waals surface area contributed by atoms with Gasteiger partial charge in [0.1, 0.15) is 11.6 Å². The van der Waals surface area contributed by atoms with Crippen molar-refractivity contribution in [1.29, 1.82) is 0 Å². The summed E-state index contributed by atoms with van der Waals surface area (Å²) in [6.07, 6.45) is 1.64. The average molecular weight is 379 g/mol. The monoisotopic (exact) mass is 378 g/mol. The molecule has 23 heavy (non-hydrogen) atoms. The van der Waals surface area contributed by atoms with E-state index in [1.54, 1.807) is 31.2 Å². The van der Waals surface area contributed by atoms with Crippen LogP contribution in [0.25, 0.3) is 6.08 Å². The second kappa shape index (κ2) is 6.04. The summed E-state index contributed by atoms with van der Waals surface area (Å²) in [7, 11) is 0. The summed E-state index contributed by atoms with van der Waals surface area (Å²) in [6.45, 7) is 1.77. The second-order valence-electron chi connectivity index (χ2n) is 5.05.